The molecule has 1 atom stereocenters. The average Bonchev–Trinajstić information content (AvgIpc) is 2.65. The highest BCUT2D eigenvalue weighted by atomic mass is 35.5. The summed E-state index contributed by atoms with van der Waals surface area (Å²) in [6, 6.07) is 12.1. The van der Waals surface area contributed by atoms with E-state index in [4.69, 9.17) is 21.1 Å². The van der Waals surface area contributed by atoms with Crippen LogP contribution in [0, 0.1) is 5.92 Å². The van der Waals surface area contributed by atoms with Crippen molar-refractivity contribution in [2.45, 2.75) is 13.0 Å². The van der Waals surface area contributed by atoms with Crippen molar-refractivity contribution >= 4 is 23.5 Å². The molecule has 3 rings (SSSR count). The minimum atomic E-state index is -0.403. The van der Waals surface area contributed by atoms with Crippen LogP contribution in [0.3, 0.4) is 0 Å². The van der Waals surface area contributed by atoms with E-state index in [-0.39, 0.29) is 25.1 Å². The van der Waals surface area contributed by atoms with E-state index in [2.05, 4.69) is 4.74 Å². The minimum absolute atomic E-state index is 0.138. The van der Waals surface area contributed by atoms with Crippen molar-refractivity contribution in [1.82, 2.24) is 0 Å². The number of esters is 2. The standard InChI is InChI=1S/C19H17ClO5/c1-23-18(21)13-4-2-12(3-5-13)10-25-19(22)15-8-14-9-16(20)6-7-17(14)24-11-15/h2-7,9,15H,8,10-11H2,1H3/t15-/m0/s1. The summed E-state index contributed by atoms with van der Waals surface area (Å²) in [4.78, 5) is 23.7. The largest absolute Gasteiger partial charge is 0.492 e. The number of hydrogen-bond acceptors (Lipinski definition) is 5. The number of rotatable bonds is 4. The van der Waals surface area contributed by atoms with Gasteiger partial charge in [0.15, 0.2) is 0 Å². The van der Waals surface area contributed by atoms with Gasteiger partial charge in [-0.3, -0.25) is 4.79 Å². The molecule has 0 saturated carbocycles. The first-order valence-electron chi connectivity index (χ1n) is 7.82. The first-order valence-corrected chi connectivity index (χ1v) is 8.19. The van der Waals surface area contributed by atoms with E-state index in [1.165, 1.54) is 7.11 Å². The third kappa shape index (κ3) is 4.12. The smallest absolute Gasteiger partial charge is 0.337 e. The van der Waals surface area contributed by atoms with Gasteiger partial charge in [0.1, 0.15) is 19.0 Å². The number of halogens is 1. The molecular weight excluding hydrogens is 344 g/mol. The third-order valence-corrected chi connectivity index (χ3v) is 4.25. The summed E-state index contributed by atoms with van der Waals surface area (Å²) in [5.74, 6) is -0.324. The zero-order valence-corrected chi connectivity index (χ0v) is 14.4. The van der Waals surface area contributed by atoms with Crippen molar-refractivity contribution in [3.63, 3.8) is 0 Å². The van der Waals surface area contributed by atoms with Crippen molar-refractivity contribution in [1.29, 1.82) is 0 Å². The Morgan fingerprint density at radius 2 is 1.96 bits per heavy atom. The number of fused-ring (bicyclic) bond motifs is 1. The molecule has 6 heteroatoms. The molecule has 2 aromatic carbocycles. The van der Waals surface area contributed by atoms with Crippen LogP contribution in [0.5, 0.6) is 5.75 Å². The average molecular weight is 361 g/mol. The number of hydrogen-bond donors (Lipinski definition) is 0. The van der Waals surface area contributed by atoms with Gasteiger partial charge in [0.2, 0.25) is 0 Å². The molecule has 5 nitrogen and oxygen atoms in total. The Morgan fingerprint density at radius 3 is 2.68 bits per heavy atom. The van der Waals surface area contributed by atoms with Crippen molar-refractivity contribution < 1.29 is 23.8 Å². The zero-order chi connectivity index (χ0) is 17.8. The Kier molecular flexibility index (Phi) is 5.24. The number of ether oxygens (including phenoxy) is 3. The predicted octanol–water partition coefficient (Wildman–Crippen LogP) is 3.42. The molecular formula is C19H17ClO5. The van der Waals surface area contributed by atoms with Crippen LogP contribution < -0.4 is 4.74 Å². The highest BCUT2D eigenvalue weighted by molar-refractivity contribution is 6.30. The fourth-order valence-electron chi connectivity index (χ4n) is 2.64. The van der Waals surface area contributed by atoms with Crippen molar-refractivity contribution in [3.05, 3.63) is 64.2 Å². The van der Waals surface area contributed by atoms with Crippen molar-refractivity contribution in [2.24, 2.45) is 5.92 Å². The second kappa shape index (κ2) is 7.57. The molecule has 0 aliphatic carbocycles. The fraction of sp³-hybridized carbons (Fsp3) is 0.263. The van der Waals surface area contributed by atoms with E-state index in [9.17, 15) is 9.59 Å². The summed E-state index contributed by atoms with van der Waals surface area (Å²) in [5, 5.41) is 0.613. The maximum atomic E-state index is 12.3. The first kappa shape index (κ1) is 17.3. The summed E-state index contributed by atoms with van der Waals surface area (Å²) in [5.41, 5.74) is 2.15. The van der Waals surface area contributed by atoms with Crippen LogP contribution in [0.25, 0.3) is 0 Å². The Balaban J connectivity index is 1.57. The van der Waals surface area contributed by atoms with E-state index < -0.39 is 5.97 Å². The Bertz CT molecular complexity index is 785. The SMILES string of the molecule is COC(=O)c1ccc(COC(=O)[C@@H]2COc3ccc(Cl)cc3C2)cc1. The molecule has 0 unspecified atom stereocenters. The van der Waals surface area contributed by atoms with Gasteiger partial charge in [0.05, 0.1) is 18.6 Å². The van der Waals surface area contributed by atoms with Crippen LogP contribution >= 0.6 is 11.6 Å². The molecule has 0 bridgehead atoms. The van der Waals surface area contributed by atoms with E-state index in [0.717, 1.165) is 16.9 Å². The molecule has 0 fully saturated rings. The molecule has 0 radical (unpaired) electrons. The highest BCUT2D eigenvalue weighted by Crippen LogP contribution is 2.30. The Labute approximate surface area is 150 Å². The summed E-state index contributed by atoms with van der Waals surface area (Å²) >= 11 is 5.99. The Hall–Kier alpha value is -2.53. The highest BCUT2D eigenvalue weighted by Gasteiger charge is 2.27. The first-order chi connectivity index (χ1) is 12.1. The Morgan fingerprint density at radius 1 is 1.20 bits per heavy atom. The molecule has 130 valence electrons. The van der Waals surface area contributed by atoms with Crippen LogP contribution in [0.1, 0.15) is 21.5 Å². The van der Waals surface area contributed by atoms with Crippen LogP contribution in [0.4, 0.5) is 0 Å². The van der Waals surface area contributed by atoms with Gasteiger partial charge in [-0.1, -0.05) is 23.7 Å². The number of carbonyl (C=O) groups excluding carboxylic acids is 2. The van der Waals surface area contributed by atoms with Crippen LogP contribution in [0.2, 0.25) is 5.02 Å². The lowest BCUT2D eigenvalue weighted by Gasteiger charge is -2.24. The molecule has 1 aliphatic rings. The molecule has 25 heavy (non-hydrogen) atoms. The van der Waals surface area contributed by atoms with Gasteiger partial charge in [-0.2, -0.15) is 0 Å². The molecule has 0 aromatic heterocycles. The maximum absolute atomic E-state index is 12.3. The molecule has 0 spiro atoms. The van der Waals surface area contributed by atoms with Gasteiger partial charge in [-0.05, 0) is 47.9 Å². The van der Waals surface area contributed by atoms with Gasteiger partial charge >= 0.3 is 11.9 Å². The van der Waals surface area contributed by atoms with Crippen molar-refractivity contribution in [3.8, 4) is 5.75 Å². The number of carbonyl (C=O) groups is 2. The normalized spacial score (nSPS) is 15.7. The second-order valence-corrected chi connectivity index (χ2v) is 6.20. The van der Waals surface area contributed by atoms with Gasteiger partial charge in [-0.15, -0.1) is 0 Å². The minimum Gasteiger partial charge on any atom is -0.492 e. The van der Waals surface area contributed by atoms with Crippen molar-refractivity contribution in [2.75, 3.05) is 13.7 Å². The van der Waals surface area contributed by atoms with E-state index >= 15 is 0 Å². The topological polar surface area (TPSA) is 61.8 Å². The fourth-order valence-corrected chi connectivity index (χ4v) is 2.84. The molecule has 0 saturated heterocycles. The monoisotopic (exact) mass is 360 g/mol. The molecule has 1 heterocycles. The van der Waals surface area contributed by atoms with Crippen LogP contribution in [-0.2, 0) is 27.3 Å². The van der Waals surface area contributed by atoms with Gasteiger partial charge in [0.25, 0.3) is 0 Å². The predicted molar refractivity (Wildman–Crippen MR) is 91.7 cm³/mol. The maximum Gasteiger partial charge on any atom is 0.337 e. The summed E-state index contributed by atoms with van der Waals surface area (Å²) in [7, 11) is 1.33. The van der Waals surface area contributed by atoms with Gasteiger partial charge in [0, 0.05) is 5.02 Å². The third-order valence-electron chi connectivity index (χ3n) is 4.02. The number of benzene rings is 2. The van der Waals surface area contributed by atoms with Gasteiger partial charge < -0.3 is 14.2 Å². The summed E-state index contributed by atoms with van der Waals surface area (Å²) in [6.45, 7) is 0.425. The summed E-state index contributed by atoms with van der Waals surface area (Å²) in [6.07, 6.45) is 0.538. The van der Waals surface area contributed by atoms with E-state index in [0.29, 0.717) is 17.0 Å². The zero-order valence-electron chi connectivity index (χ0n) is 13.7. The van der Waals surface area contributed by atoms with Crippen LogP contribution in [-0.4, -0.2) is 25.7 Å². The quantitative estimate of drug-likeness (QED) is 0.782. The van der Waals surface area contributed by atoms with Crippen LogP contribution in [0.15, 0.2) is 42.5 Å². The number of methoxy groups -OCH3 is 1. The van der Waals surface area contributed by atoms with E-state index in [1.54, 1.807) is 30.3 Å². The lowest BCUT2D eigenvalue weighted by Crippen LogP contribution is -2.29. The lowest BCUT2D eigenvalue weighted by molar-refractivity contribution is -0.151. The van der Waals surface area contributed by atoms with Gasteiger partial charge in [-0.25, -0.2) is 4.79 Å². The second-order valence-electron chi connectivity index (χ2n) is 5.76. The molecule has 2 aromatic rings. The lowest BCUT2D eigenvalue weighted by atomic mass is 9.97. The van der Waals surface area contributed by atoms with E-state index in [1.807, 2.05) is 12.1 Å². The molecule has 0 amide bonds. The molecule has 1 aliphatic heterocycles. The molecule has 0 N–H and O–H groups in total. The summed E-state index contributed by atoms with van der Waals surface area (Å²) < 4.78 is 15.6.